The number of halogens is 2. The molecule has 17 heavy (non-hydrogen) atoms. The molecule has 0 spiro atoms. The predicted octanol–water partition coefficient (Wildman–Crippen LogP) is 3.80. The molecule has 90 valence electrons. The molecular weight excluding hydrogens is 303 g/mol. The Balaban J connectivity index is 2.02. The average Bonchev–Trinajstić information content (AvgIpc) is 2.76. The summed E-state index contributed by atoms with van der Waals surface area (Å²) in [5.74, 6) is -0.272. The Morgan fingerprint density at radius 1 is 1.29 bits per heavy atom. The highest BCUT2D eigenvalue weighted by atomic mass is 79.9. The molecule has 0 aliphatic rings. The summed E-state index contributed by atoms with van der Waals surface area (Å²) in [6.45, 7) is 0. The molecule has 1 unspecified atom stereocenters. The van der Waals surface area contributed by atoms with Gasteiger partial charge in [-0.25, -0.2) is 4.39 Å². The third kappa shape index (κ3) is 3.63. The largest absolute Gasteiger partial charge is 0.392 e. The van der Waals surface area contributed by atoms with Crippen molar-refractivity contribution in [2.75, 3.05) is 0 Å². The summed E-state index contributed by atoms with van der Waals surface area (Å²) in [5.41, 5.74) is 0.800. The second kappa shape index (κ2) is 5.76. The van der Waals surface area contributed by atoms with E-state index >= 15 is 0 Å². The van der Waals surface area contributed by atoms with Crippen LogP contribution >= 0.6 is 27.3 Å². The van der Waals surface area contributed by atoms with Crippen LogP contribution in [0.5, 0.6) is 0 Å². The molecule has 0 saturated carbocycles. The van der Waals surface area contributed by atoms with Crippen molar-refractivity contribution in [3.05, 3.63) is 56.4 Å². The zero-order chi connectivity index (χ0) is 12.3. The summed E-state index contributed by atoms with van der Waals surface area (Å²) < 4.78 is 13.9. The third-order valence-electron chi connectivity index (χ3n) is 2.48. The number of rotatable bonds is 4. The van der Waals surface area contributed by atoms with Crippen molar-refractivity contribution in [1.29, 1.82) is 0 Å². The van der Waals surface area contributed by atoms with Gasteiger partial charge in [-0.05, 0) is 41.6 Å². The van der Waals surface area contributed by atoms with Crippen molar-refractivity contribution in [2.45, 2.75) is 18.9 Å². The van der Waals surface area contributed by atoms with Crippen LogP contribution in [0.4, 0.5) is 4.39 Å². The van der Waals surface area contributed by atoms with Crippen LogP contribution in [-0.2, 0) is 12.8 Å². The van der Waals surface area contributed by atoms with Crippen LogP contribution in [0.15, 0.2) is 40.2 Å². The Kier molecular flexibility index (Phi) is 4.31. The van der Waals surface area contributed by atoms with Crippen molar-refractivity contribution < 1.29 is 9.50 Å². The van der Waals surface area contributed by atoms with E-state index in [-0.39, 0.29) is 5.82 Å². The van der Waals surface area contributed by atoms with Crippen molar-refractivity contribution in [3.8, 4) is 0 Å². The summed E-state index contributed by atoms with van der Waals surface area (Å²) in [5, 5.41) is 11.9. The number of benzene rings is 1. The number of hydrogen-bond acceptors (Lipinski definition) is 2. The molecule has 0 radical (unpaired) electrons. The van der Waals surface area contributed by atoms with E-state index in [1.54, 1.807) is 17.4 Å². The van der Waals surface area contributed by atoms with Gasteiger partial charge in [-0.1, -0.05) is 22.0 Å². The van der Waals surface area contributed by atoms with Gasteiger partial charge in [0.05, 0.1) is 6.10 Å². The number of hydrogen-bond donors (Lipinski definition) is 1. The molecule has 0 bridgehead atoms. The van der Waals surface area contributed by atoms with Gasteiger partial charge in [-0.15, -0.1) is 11.3 Å². The van der Waals surface area contributed by atoms with Crippen molar-refractivity contribution in [1.82, 2.24) is 0 Å². The van der Waals surface area contributed by atoms with E-state index in [1.807, 2.05) is 17.5 Å². The topological polar surface area (TPSA) is 20.2 Å². The first kappa shape index (κ1) is 12.7. The van der Waals surface area contributed by atoms with Gasteiger partial charge in [0.25, 0.3) is 0 Å². The standard InChI is InChI=1S/C13H12BrFOS/c14-13-4-3-10(15)6-9(13)7-11(16)8-12-2-1-5-17-12/h1-6,11,16H,7-8H2. The first-order chi connectivity index (χ1) is 8.15. The van der Waals surface area contributed by atoms with Crippen molar-refractivity contribution in [2.24, 2.45) is 0 Å². The minimum atomic E-state index is -0.480. The van der Waals surface area contributed by atoms with Gasteiger partial charge in [0, 0.05) is 15.8 Å². The van der Waals surface area contributed by atoms with Crippen LogP contribution in [0.1, 0.15) is 10.4 Å². The van der Waals surface area contributed by atoms with E-state index in [2.05, 4.69) is 15.9 Å². The van der Waals surface area contributed by atoms with E-state index in [9.17, 15) is 9.50 Å². The molecule has 1 heterocycles. The molecule has 0 aliphatic carbocycles. The molecule has 0 aliphatic heterocycles. The summed E-state index contributed by atoms with van der Waals surface area (Å²) in [6, 6.07) is 8.49. The highest BCUT2D eigenvalue weighted by Crippen LogP contribution is 2.21. The van der Waals surface area contributed by atoms with E-state index < -0.39 is 6.10 Å². The van der Waals surface area contributed by atoms with Gasteiger partial charge >= 0.3 is 0 Å². The van der Waals surface area contributed by atoms with Crippen molar-refractivity contribution >= 4 is 27.3 Å². The number of aliphatic hydroxyl groups excluding tert-OH is 1. The molecule has 2 aromatic rings. The van der Waals surface area contributed by atoms with Crippen LogP contribution in [0.2, 0.25) is 0 Å². The molecule has 0 fully saturated rings. The summed E-state index contributed by atoms with van der Waals surface area (Å²) in [4.78, 5) is 1.14. The highest BCUT2D eigenvalue weighted by Gasteiger charge is 2.10. The Hall–Kier alpha value is -0.710. The van der Waals surface area contributed by atoms with Gasteiger partial charge in [0.15, 0.2) is 0 Å². The third-order valence-corrected chi connectivity index (χ3v) is 4.15. The molecule has 1 N–H and O–H groups in total. The quantitative estimate of drug-likeness (QED) is 0.910. The SMILES string of the molecule is OC(Cc1cccs1)Cc1cc(F)ccc1Br. The second-order valence-corrected chi connectivity index (χ2v) is 5.76. The zero-order valence-corrected chi connectivity index (χ0v) is 11.5. The molecule has 4 heteroatoms. The Morgan fingerprint density at radius 3 is 2.82 bits per heavy atom. The summed E-state index contributed by atoms with van der Waals surface area (Å²) in [7, 11) is 0. The molecular formula is C13H12BrFOS. The van der Waals surface area contributed by atoms with Crippen LogP contribution < -0.4 is 0 Å². The molecule has 0 amide bonds. The maximum atomic E-state index is 13.1. The maximum Gasteiger partial charge on any atom is 0.123 e. The summed E-state index contributed by atoms with van der Waals surface area (Å²) in [6.07, 6.45) is 0.586. The van der Waals surface area contributed by atoms with E-state index in [1.165, 1.54) is 12.1 Å². The molecule has 1 atom stereocenters. The smallest absolute Gasteiger partial charge is 0.123 e. The first-order valence-corrected chi connectivity index (χ1v) is 6.97. The number of aliphatic hydroxyl groups is 1. The molecule has 1 nitrogen and oxygen atoms in total. The van der Waals surface area contributed by atoms with Crippen LogP contribution in [0.25, 0.3) is 0 Å². The lowest BCUT2D eigenvalue weighted by atomic mass is 10.1. The van der Waals surface area contributed by atoms with E-state index in [0.717, 1.165) is 14.9 Å². The van der Waals surface area contributed by atoms with Crippen LogP contribution in [0.3, 0.4) is 0 Å². The average molecular weight is 315 g/mol. The minimum absolute atomic E-state index is 0.272. The van der Waals surface area contributed by atoms with E-state index in [0.29, 0.717) is 12.8 Å². The normalized spacial score (nSPS) is 12.6. The van der Waals surface area contributed by atoms with Crippen LogP contribution in [0, 0.1) is 5.82 Å². The lowest BCUT2D eigenvalue weighted by Gasteiger charge is -2.11. The van der Waals surface area contributed by atoms with Gasteiger partial charge in [-0.3, -0.25) is 0 Å². The lowest BCUT2D eigenvalue weighted by molar-refractivity contribution is 0.176. The zero-order valence-electron chi connectivity index (χ0n) is 9.07. The van der Waals surface area contributed by atoms with Gasteiger partial charge in [0.2, 0.25) is 0 Å². The van der Waals surface area contributed by atoms with Gasteiger partial charge in [-0.2, -0.15) is 0 Å². The molecule has 1 aromatic heterocycles. The van der Waals surface area contributed by atoms with Crippen LogP contribution in [-0.4, -0.2) is 11.2 Å². The Labute approximate surface area is 112 Å². The fourth-order valence-corrected chi connectivity index (χ4v) is 2.87. The predicted molar refractivity (Wildman–Crippen MR) is 71.8 cm³/mol. The van der Waals surface area contributed by atoms with E-state index in [4.69, 9.17) is 0 Å². The minimum Gasteiger partial charge on any atom is -0.392 e. The fraction of sp³-hybridized carbons (Fsp3) is 0.231. The number of thiophene rings is 1. The molecule has 2 rings (SSSR count). The second-order valence-electron chi connectivity index (χ2n) is 3.88. The Morgan fingerprint density at radius 2 is 2.12 bits per heavy atom. The summed E-state index contributed by atoms with van der Waals surface area (Å²) >= 11 is 4.99. The molecule has 0 saturated heterocycles. The van der Waals surface area contributed by atoms with Gasteiger partial charge < -0.3 is 5.11 Å². The Bertz CT molecular complexity index is 484. The molecule has 1 aromatic carbocycles. The fourth-order valence-electron chi connectivity index (χ4n) is 1.69. The van der Waals surface area contributed by atoms with Gasteiger partial charge in [0.1, 0.15) is 5.82 Å². The maximum absolute atomic E-state index is 13.1. The first-order valence-electron chi connectivity index (χ1n) is 5.29. The monoisotopic (exact) mass is 314 g/mol. The van der Waals surface area contributed by atoms with Crippen molar-refractivity contribution in [3.63, 3.8) is 0 Å². The highest BCUT2D eigenvalue weighted by molar-refractivity contribution is 9.10. The lowest BCUT2D eigenvalue weighted by Crippen LogP contribution is -2.13.